The highest BCUT2D eigenvalue weighted by Crippen LogP contribution is 2.21. The number of ether oxygens (including phenoxy) is 1. The molecule has 0 radical (unpaired) electrons. The van der Waals surface area contributed by atoms with Gasteiger partial charge in [0.15, 0.2) is 0 Å². The molecule has 0 amide bonds. The second-order valence-electron chi connectivity index (χ2n) is 4.31. The van der Waals surface area contributed by atoms with Gasteiger partial charge < -0.3 is 4.74 Å². The lowest BCUT2D eigenvalue weighted by molar-refractivity contribution is -0.144. The molecule has 0 saturated carbocycles. The van der Waals surface area contributed by atoms with Crippen molar-refractivity contribution < 1.29 is 9.53 Å². The number of hydrogen-bond acceptors (Lipinski definition) is 3. The third-order valence-corrected chi connectivity index (χ3v) is 3.06. The van der Waals surface area contributed by atoms with Crippen LogP contribution in [0.25, 0.3) is 0 Å². The first-order chi connectivity index (χ1) is 7.26. The van der Waals surface area contributed by atoms with Crippen molar-refractivity contribution in [3.63, 3.8) is 0 Å². The lowest BCUT2D eigenvalue weighted by atomic mass is 9.92. The van der Waals surface area contributed by atoms with Crippen molar-refractivity contribution in [1.29, 1.82) is 0 Å². The minimum Gasteiger partial charge on any atom is -0.465 e. The first-order valence-electron chi connectivity index (χ1n) is 6.14. The van der Waals surface area contributed by atoms with Gasteiger partial charge in [-0.2, -0.15) is 0 Å². The SMILES string of the molecule is CCCC1CCN(CC(=O)OCC)CC1. The Hall–Kier alpha value is -0.570. The quantitative estimate of drug-likeness (QED) is 0.655. The van der Waals surface area contributed by atoms with Gasteiger partial charge in [0.25, 0.3) is 0 Å². The molecule has 0 unspecified atom stereocenters. The highest BCUT2D eigenvalue weighted by Gasteiger charge is 2.20. The number of carbonyl (C=O) groups excluding carboxylic acids is 1. The molecule has 0 atom stereocenters. The van der Waals surface area contributed by atoms with E-state index in [0.29, 0.717) is 13.2 Å². The van der Waals surface area contributed by atoms with E-state index >= 15 is 0 Å². The number of rotatable bonds is 5. The molecule has 0 aromatic heterocycles. The van der Waals surface area contributed by atoms with Crippen molar-refractivity contribution in [1.82, 2.24) is 4.90 Å². The van der Waals surface area contributed by atoms with Crippen LogP contribution in [0, 0.1) is 5.92 Å². The summed E-state index contributed by atoms with van der Waals surface area (Å²) in [4.78, 5) is 13.5. The summed E-state index contributed by atoms with van der Waals surface area (Å²) in [7, 11) is 0. The maximum atomic E-state index is 11.3. The molecule has 1 heterocycles. The molecule has 1 aliphatic heterocycles. The van der Waals surface area contributed by atoms with Crippen LogP contribution in [0.1, 0.15) is 39.5 Å². The van der Waals surface area contributed by atoms with Gasteiger partial charge in [-0.3, -0.25) is 9.69 Å². The molecule has 1 rings (SSSR count). The Labute approximate surface area is 92.8 Å². The number of esters is 1. The first kappa shape index (κ1) is 12.5. The maximum Gasteiger partial charge on any atom is 0.320 e. The summed E-state index contributed by atoms with van der Waals surface area (Å²) in [6.07, 6.45) is 5.11. The van der Waals surface area contributed by atoms with Gasteiger partial charge in [0, 0.05) is 0 Å². The van der Waals surface area contributed by atoms with Crippen LogP contribution in [-0.4, -0.2) is 37.1 Å². The third-order valence-electron chi connectivity index (χ3n) is 3.06. The Morgan fingerprint density at radius 2 is 2.00 bits per heavy atom. The predicted octanol–water partition coefficient (Wildman–Crippen LogP) is 2.06. The fourth-order valence-electron chi connectivity index (χ4n) is 2.23. The molecule has 3 nitrogen and oxygen atoms in total. The molecule has 1 fully saturated rings. The molecule has 88 valence electrons. The fourth-order valence-corrected chi connectivity index (χ4v) is 2.23. The van der Waals surface area contributed by atoms with Crippen molar-refractivity contribution >= 4 is 5.97 Å². The standard InChI is InChI=1S/C12H23NO2/c1-3-5-11-6-8-13(9-7-11)10-12(14)15-4-2/h11H,3-10H2,1-2H3. The molecule has 0 aromatic rings. The van der Waals surface area contributed by atoms with Crippen LogP contribution in [0.15, 0.2) is 0 Å². The van der Waals surface area contributed by atoms with Crippen molar-refractivity contribution in [2.24, 2.45) is 5.92 Å². The number of nitrogens with zero attached hydrogens (tertiary/aromatic N) is 1. The van der Waals surface area contributed by atoms with E-state index in [2.05, 4.69) is 11.8 Å². The van der Waals surface area contributed by atoms with E-state index in [-0.39, 0.29) is 5.97 Å². The van der Waals surface area contributed by atoms with Crippen LogP contribution in [0.3, 0.4) is 0 Å². The zero-order valence-corrected chi connectivity index (χ0v) is 10.00. The first-order valence-corrected chi connectivity index (χ1v) is 6.14. The lowest BCUT2D eigenvalue weighted by Gasteiger charge is -2.30. The van der Waals surface area contributed by atoms with E-state index in [1.807, 2.05) is 6.92 Å². The molecule has 0 spiro atoms. The normalized spacial score (nSPS) is 19.1. The molecule has 0 N–H and O–H groups in total. The molecular weight excluding hydrogens is 190 g/mol. The number of piperidine rings is 1. The van der Waals surface area contributed by atoms with Gasteiger partial charge in [0.2, 0.25) is 0 Å². The fraction of sp³-hybridized carbons (Fsp3) is 0.917. The summed E-state index contributed by atoms with van der Waals surface area (Å²) in [5.41, 5.74) is 0. The molecule has 1 saturated heterocycles. The predicted molar refractivity (Wildman–Crippen MR) is 60.7 cm³/mol. The van der Waals surface area contributed by atoms with Gasteiger partial charge in [-0.1, -0.05) is 19.8 Å². The summed E-state index contributed by atoms with van der Waals surface area (Å²) in [6, 6.07) is 0. The summed E-state index contributed by atoms with van der Waals surface area (Å²) >= 11 is 0. The van der Waals surface area contributed by atoms with E-state index in [0.717, 1.165) is 19.0 Å². The van der Waals surface area contributed by atoms with E-state index in [4.69, 9.17) is 4.74 Å². The zero-order valence-electron chi connectivity index (χ0n) is 10.00. The Morgan fingerprint density at radius 1 is 1.33 bits per heavy atom. The van der Waals surface area contributed by atoms with Gasteiger partial charge in [-0.05, 0) is 38.8 Å². The van der Waals surface area contributed by atoms with Crippen molar-refractivity contribution in [3.8, 4) is 0 Å². The summed E-state index contributed by atoms with van der Waals surface area (Å²) < 4.78 is 4.94. The molecule has 15 heavy (non-hydrogen) atoms. The molecule has 1 aliphatic rings. The van der Waals surface area contributed by atoms with Crippen molar-refractivity contribution in [2.75, 3.05) is 26.2 Å². The Balaban J connectivity index is 2.16. The van der Waals surface area contributed by atoms with Gasteiger partial charge >= 0.3 is 5.97 Å². The number of carbonyl (C=O) groups is 1. The molecule has 0 bridgehead atoms. The number of hydrogen-bond donors (Lipinski definition) is 0. The Kier molecular flexibility index (Phi) is 5.69. The topological polar surface area (TPSA) is 29.5 Å². The Bertz CT molecular complexity index is 186. The highest BCUT2D eigenvalue weighted by molar-refractivity contribution is 5.71. The smallest absolute Gasteiger partial charge is 0.320 e. The van der Waals surface area contributed by atoms with Crippen LogP contribution >= 0.6 is 0 Å². The zero-order chi connectivity index (χ0) is 11.1. The third kappa shape index (κ3) is 4.65. The second kappa shape index (κ2) is 6.83. The van der Waals surface area contributed by atoms with Crippen molar-refractivity contribution in [3.05, 3.63) is 0 Å². The average Bonchev–Trinajstić information content (AvgIpc) is 2.22. The highest BCUT2D eigenvalue weighted by atomic mass is 16.5. The summed E-state index contributed by atoms with van der Waals surface area (Å²) in [5, 5.41) is 0. The maximum absolute atomic E-state index is 11.3. The van der Waals surface area contributed by atoms with E-state index in [1.54, 1.807) is 0 Å². The van der Waals surface area contributed by atoms with Crippen LogP contribution < -0.4 is 0 Å². The average molecular weight is 213 g/mol. The van der Waals surface area contributed by atoms with Gasteiger partial charge in [0.1, 0.15) is 0 Å². The molecule has 0 aliphatic carbocycles. The largest absolute Gasteiger partial charge is 0.465 e. The van der Waals surface area contributed by atoms with Crippen LogP contribution in [0.2, 0.25) is 0 Å². The monoisotopic (exact) mass is 213 g/mol. The van der Waals surface area contributed by atoms with Gasteiger partial charge in [0.05, 0.1) is 13.2 Å². The van der Waals surface area contributed by atoms with Crippen LogP contribution in [0.4, 0.5) is 0 Å². The summed E-state index contributed by atoms with van der Waals surface area (Å²) in [5.74, 6) is 0.805. The Morgan fingerprint density at radius 3 is 2.53 bits per heavy atom. The minimum atomic E-state index is -0.0774. The van der Waals surface area contributed by atoms with Crippen LogP contribution in [0.5, 0.6) is 0 Å². The van der Waals surface area contributed by atoms with E-state index < -0.39 is 0 Å². The van der Waals surface area contributed by atoms with E-state index in [9.17, 15) is 4.79 Å². The van der Waals surface area contributed by atoms with Crippen molar-refractivity contribution in [2.45, 2.75) is 39.5 Å². The van der Waals surface area contributed by atoms with Gasteiger partial charge in [-0.25, -0.2) is 0 Å². The molecular formula is C12H23NO2. The minimum absolute atomic E-state index is 0.0774. The molecule has 0 aromatic carbocycles. The molecule has 3 heteroatoms. The van der Waals surface area contributed by atoms with E-state index in [1.165, 1.54) is 25.7 Å². The van der Waals surface area contributed by atoms with Crippen LogP contribution in [-0.2, 0) is 9.53 Å². The second-order valence-corrected chi connectivity index (χ2v) is 4.31. The number of likely N-dealkylation sites (tertiary alicyclic amines) is 1. The lowest BCUT2D eigenvalue weighted by Crippen LogP contribution is -2.37. The summed E-state index contributed by atoms with van der Waals surface area (Å²) in [6.45, 7) is 7.18. The van der Waals surface area contributed by atoms with Gasteiger partial charge in [-0.15, -0.1) is 0 Å².